The molecule has 0 aliphatic rings. The first-order valence-corrected chi connectivity index (χ1v) is 7.46. The van der Waals surface area contributed by atoms with E-state index in [1.807, 2.05) is 31.2 Å². The van der Waals surface area contributed by atoms with E-state index in [4.69, 9.17) is 9.47 Å². The van der Waals surface area contributed by atoms with E-state index < -0.39 is 0 Å². The van der Waals surface area contributed by atoms with Crippen molar-refractivity contribution in [3.63, 3.8) is 0 Å². The summed E-state index contributed by atoms with van der Waals surface area (Å²) in [5.74, 6) is 0.923. The number of hydrogen-bond donors (Lipinski definition) is 0. The molecule has 116 valence electrons. The van der Waals surface area contributed by atoms with Crippen LogP contribution in [0.25, 0.3) is 0 Å². The fourth-order valence-electron chi connectivity index (χ4n) is 2.04. The third-order valence-corrected chi connectivity index (χ3v) is 3.33. The average Bonchev–Trinajstić information content (AvgIpc) is 2.48. The summed E-state index contributed by atoms with van der Waals surface area (Å²) >= 11 is 0. The van der Waals surface area contributed by atoms with E-state index in [9.17, 15) is 4.79 Å². The molecule has 22 heavy (non-hydrogen) atoms. The topological polar surface area (TPSA) is 35.5 Å². The summed E-state index contributed by atoms with van der Waals surface area (Å²) in [5.41, 5.74) is 1.79. The van der Waals surface area contributed by atoms with Crippen molar-refractivity contribution < 1.29 is 14.3 Å². The maximum atomic E-state index is 12.1. The largest absolute Gasteiger partial charge is 0.494 e. The molecular weight excluding hydrogens is 276 g/mol. The smallest absolute Gasteiger partial charge is 0.343 e. The summed E-state index contributed by atoms with van der Waals surface area (Å²) in [4.78, 5) is 12.1. The van der Waals surface area contributed by atoms with Crippen LogP contribution in [0.4, 0.5) is 0 Å². The van der Waals surface area contributed by atoms with Gasteiger partial charge < -0.3 is 9.47 Å². The lowest BCUT2D eigenvalue weighted by molar-refractivity contribution is 0.0734. The van der Waals surface area contributed by atoms with Crippen molar-refractivity contribution in [3.8, 4) is 11.5 Å². The molecule has 2 aromatic rings. The number of hydrogen-bond acceptors (Lipinski definition) is 3. The molecule has 0 saturated heterocycles. The maximum absolute atomic E-state index is 12.1. The predicted molar refractivity (Wildman–Crippen MR) is 87.7 cm³/mol. The van der Waals surface area contributed by atoms with E-state index in [1.54, 1.807) is 24.3 Å². The number of carbonyl (C=O) groups is 1. The molecule has 0 aliphatic carbocycles. The normalized spacial score (nSPS) is 11.1. The van der Waals surface area contributed by atoms with Gasteiger partial charge in [0, 0.05) is 0 Å². The molecule has 0 unspecified atom stereocenters. The number of benzene rings is 2. The molecule has 0 aliphatic heterocycles. The summed E-state index contributed by atoms with van der Waals surface area (Å²) < 4.78 is 10.7. The van der Waals surface area contributed by atoms with Crippen LogP contribution in [0.2, 0.25) is 0 Å². The maximum Gasteiger partial charge on any atom is 0.343 e. The fraction of sp³-hybridized carbons (Fsp3) is 0.316. The van der Waals surface area contributed by atoms with Crippen molar-refractivity contribution >= 4 is 5.97 Å². The standard InChI is InChI=1S/C19H22O3/c1-5-21-16-10-6-14(7-11-16)18(20)22-17-12-8-15(9-13-17)19(2,3)4/h6-13H,5H2,1-4H3. The van der Waals surface area contributed by atoms with Crippen LogP contribution in [0.5, 0.6) is 11.5 Å². The number of rotatable bonds is 4. The van der Waals surface area contributed by atoms with E-state index in [1.165, 1.54) is 5.56 Å². The van der Waals surface area contributed by atoms with Gasteiger partial charge in [-0.15, -0.1) is 0 Å². The minimum Gasteiger partial charge on any atom is -0.494 e. The summed E-state index contributed by atoms with van der Waals surface area (Å²) in [7, 11) is 0. The molecule has 0 amide bonds. The fourth-order valence-corrected chi connectivity index (χ4v) is 2.04. The van der Waals surface area contributed by atoms with Gasteiger partial charge in [0.25, 0.3) is 0 Å². The average molecular weight is 298 g/mol. The van der Waals surface area contributed by atoms with Gasteiger partial charge in [-0.3, -0.25) is 0 Å². The Labute approximate surface area is 131 Å². The van der Waals surface area contributed by atoms with E-state index in [-0.39, 0.29) is 11.4 Å². The minimum absolute atomic E-state index is 0.0810. The predicted octanol–water partition coefficient (Wildman–Crippen LogP) is 4.60. The second kappa shape index (κ2) is 6.65. The van der Waals surface area contributed by atoms with Gasteiger partial charge in [-0.2, -0.15) is 0 Å². The molecule has 0 spiro atoms. The summed E-state index contributed by atoms with van der Waals surface area (Å²) in [5, 5.41) is 0. The number of esters is 1. The molecule has 0 saturated carbocycles. The molecular formula is C19H22O3. The highest BCUT2D eigenvalue weighted by Gasteiger charge is 2.14. The summed E-state index contributed by atoms with van der Waals surface area (Å²) in [6, 6.07) is 14.6. The van der Waals surface area contributed by atoms with Crippen molar-refractivity contribution in [2.24, 2.45) is 0 Å². The van der Waals surface area contributed by atoms with Crippen molar-refractivity contribution in [1.29, 1.82) is 0 Å². The lowest BCUT2D eigenvalue weighted by atomic mass is 9.87. The molecule has 0 bridgehead atoms. The molecule has 2 aromatic carbocycles. The first-order chi connectivity index (χ1) is 10.4. The Morgan fingerprint density at radius 1 is 0.909 bits per heavy atom. The van der Waals surface area contributed by atoms with E-state index in [2.05, 4.69) is 20.8 Å². The number of carbonyl (C=O) groups excluding carboxylic acids is 1. The van der Waals surface area contributed by atoms with E-state index in [0.29, 0.717) is 17.9 Å². The first-order valence-electron chi connectivity index (χ1n) is 7.46. The van der Waals surface area contributed by atoms with Crippen LogP contribution in [0.1, 0.15) is 43.6 Å². The van der Waals surface area contributed by atoms with Gasteiger partial charge in [0.1, 0.15) is 11.5 Å². The highest BCUT2D eigenvalue weighted by Crippen LogP contribution is 2.24. The molecule has 2 rings (SSSR count). The zero-order chi connectivity index (χ0) is 16.2. The minimum atomic E-state index is -0.369. The Bertz CT molecular complexity index is 619. The third kappa shape index (κ3) is 4.10. The SMILES string of the molecule is CCOc1ccc(C(=O)Oc2ccc(C(C)(C)C)cc2)cc1. The van der Waals surface area contributed by atoms with Crippen LogP contribution in [-0.4, -0.2) is 12.6 Å². The van der Waals surface area contributed by atoms with Gasteiger partial charge in [0.15, 0.2) is 0 Å². The van der Waals surface area contributed by atoms with Crippen LogP contribution < -0.4 is 9.47 Å². The van der Waals surface area contributed by atoms with Crippen LogP contribution in [0.3, 0.4) is 0 Å². The molecule has 3 heteroatoms. The van der Waals surface area contributed by atoms with Crippen LogP contribution in [0, 0.1) is 0 Å². The van der Waals surface area contributed by atoms with Crippen molar-refractivity contribution in [3.05, 3.63) is 59.7 Å². The van der Waals surface area contributed by atoms with Gasteiger partial charge in [0.2, 0.25) is 0 Å². The van der Waals surface area contributed by atoms with Gasteiger partial charge in [-0.05, 0) is 54.3 Å². The van der Waals surface area contributed by atoms with Gasteiger partial charge in [-0.25, -0.2) is 4.79 Å². The van der Waals surface area contributed by atoms with Gasteiger partial charge in [0.05, 0.1) is 12.2 Å². The Balaban J connectivity index is 2.05. The zero-order valence-electron chi connectivity index (χ0n) is 13.6. The van der Waals surface area contributed by atoms with Crippen LogP contribution >= 0.6 is 0 Å². The van der Waals surface area contributed by atoms with Gasteiger partial charge in [-0.1, -0.05) is 32.9 Å². The van der Waals surface area contributed by atoms with Crippen LogP contribution in [-0.2, 0) is 5.41 Å². The highest BCUT2D eigenvalue weighted by molar-refractivity contribution is 5.91. The molecule has 0 fully saturated rings. The molecule has 0 aromatic heterocycles. The lowest BCUT2D eigenvalue weighted by Crippen LogP contribution is -2.11. The Kier molecular flexibility index (Phi) is 4.86. The second-order valence-electron chi connectivity index (χ2n) is 6.12. The van der Waals surface area contributed by atoms with Crippen molar-refractivity contribution in [2.45, 2.75) is 33.1 Å². The zero-order valence-corrected chi connectivity index (χ0v) is 13.6. The first kappa shape index (κ1) is 16.1. The van der Waals surface area contributed by atoms with E-state index in [0.717, 1.165) is 5.75 Å². The highest BCUT2D eigenvalue weighted by atomic mass is 16.5. The molecule has 3 nitrogen and oxygen atoms in total. The molecule has 0 atom stereocenters. The van der Waals surface area contributed by atoms with Crippen molar-refractivity contribution in [1.82, 2.24) is 0 Å². The second-order valence-corrected chi connectivity index (χ2v) is 6.12. The van der Waals surface area contributed by atoms with Gasteiger partial charge >= 0.3 is 5.97 Å². The Morgan fingerprint density at radius 2 is 1.45 bits per heavy atom. The van der Waals surface area contributed by atoms with E-state index >= 15 is 0 Å². The third-order valence-electron chi connectivity index (χ3n) is 3.33. The Morgan fingerprint density at radius 3 is 1.95 bits per heavy atom. The summed E-state index contributed by atoms with van der Waals surface area (Å²) in [6.45, 7) is 8.96. The molecule has 0 radical (unpaired) electrons. The quantitative estimate of drug-likeness (QED) is 0.611. The Hall–Kier alpha value is -2.29. The molecule has 0 heterocycles. The number of ether oxygens (including phenoxy) is 2. The van der Waals surface area contributed by atoms with Crippen LogP contribution in [0.15, 0.2) is 48.5 Å². The lowest BCUT2D eigenvalue weighted by Gasteiger charge is -2.19. The molecule has 0 N–H and O–H groups in total. The monoisotopic (exact) mass is 298 g/mol. The van der Waals surface area contributed by atoms with Crippen molar-refractivity contribution in [2.75, 3.05) is 6.61 Å². The summed E-state index contributed by atoms with van der Waals surface area (Å²) in [6.07, 6.45) is 0.